The zero-order chi connectivity index (χ0) is 9.97. The van der Waals surface area contributed by atoms with Crippen LogP contribution in [-0.2, 0) is 0 Å². The van der Waals surface area contributed by atoms with Gasteiger partial charge in [0.25, 0.3) is 0 Å². The summed E-state index contributed by atoms with van der Waals surface area (Å²) in [6.45, 7) is 0. The number of rotatable bonds is 4. The molecule has 1 atom stereocenters. The summed E-state index contributed by atoms with van der Waals surface area (Å²) in [5, 5.41) is 4.19. The molecule has 1 unspecified atom stereocenters. The molecule has 1 saturated carbocycles. The molecule has 76 valence electrons. The van der Waals surface area contributed by atoms with Gasteiger partial charge in [-0.2, -0.15) is 0 Å². The third-order valence-electron chi connectivity index (χ3n) is 2.87. The first-order valence-electron chi connectivity index (χ1n) is 5.22. The lowest BCUT2D eigenvalue weighted by Gasteiger charge is -2.16. The maximum Gasteiger partial charge on any atom is 0.0409 e. The van der Waals surface area contributed by atoms with Crippen LogP contribution in [0.4, 0.5) is 0 Å². The van der Waals surface area contributed by atoms with Gasteiger partial charge in [-0.3, -0.25) is 0 Å². The summed E-state index contributed by atoms with van der Waals surface area (Å²) in [6.07, 6.45) is 4.05. The maximum atomic E-state index is 5.97. The standard InChI is InChI=1S/C12H16ClN/c1-14-12(7-9-5-6-9)10-3-2-4-11(13)8-10/h2-4,8-9,12,14H,5-7H2,1H3. The molecule has 1 aromatic carbocycles. The SMILES string of the molecule is CNC(CC1CC1)c1cccc(Cl)c1. The molecule has 0 bridgehead atoms. The van der Waals surface area contributed by atoms with Gasteiger partial charge in [0.1, 0.15) is 0 Å². The molecule has 0 saturated heterocycles. The van der Waals surface area contributed by atoms with Crippen LogP contribution in [0.2, 0.25) is 5.02 Å². The van der Waals surface area contributed by atoms with Crippen LogP contribution in [0.25, 0.3) is 0 Å². The molecule has 1 aromatic rings. The fourth-order valence-electron chi connectivity index (χ4n) is 1.83. The van der Waals surface area contributed by atoms with Crippen molar-refractivity contribution >= 4 is 11.6 Å². The van der Waals surface area contributed by atoms with E-state index < -0.39 is 0 Å². The Morgan fingerprint density at radius 2 is 2.29 bits per heavy atom. The van der Waals surface area contributed by atoms with E-state index in [-0.39, 0.29) is 0 Å². The highest BCUT2D eigenvalue weighted by molar-refractivity contribution is 6.30. The van der Waals surface area contributed by atoms with Crippen molar-refractivity contribution in [3.05, 3.63) is 34.9 Å². The average molecular weight is 210 g/mol. The highest BCUT2D eigenvalue weighted by atomic mass is 35.5. The van der Waals surface area contributed by atoms with Gasteiger partial charge in [-0.25, -0.2) is 0 Å². The summed E-state index contributed by atoms with van der Waals surface area (Å²) in [6, 6.07) is 8.63. The summed E-state index contributed by atoms with van der Waals surface area (Å²) in [5.41, 5.74) is 1.31. The lowest BCUT2D eigenvalue weighted by molar-refractivity contribution is 0.514. The van der Waals surface area contributed by atoms with Crippen LogP contribution >= 0.6 is 11.6 Å². The first-order chi connectivity index (χ1) is 6.79. The molecule has 14 heavy (non-hydrogen) atoms. The van der Waals surface area contributed by atoms with Gasteiger partial charge in [0.2, 0.25) is 0 Å². The van der Waals surface area contributed by atoms with E-state index in [1.807, 2.05) is 19.2 Å². The molecule has 0 heterocycles. The van der Waals surface area contributed by atoms with Gasteiger partial charge < -0.3 is 5.32 Å². The number of hydrogen-bond acceptors (Lipinski definition) is 1. The van der Waals surface area contributed by atoms with Crippen molar-refractivity contribution in [1.82, 2.24) is 5.32 Å². The van der Waals surface area contributed by atoms with Crippen LogP contribution in [0, 0.1) is 5.92 Å². The Morgan fingerprint density at radius 1 is 1.50 bits per heavy atom. The minimum Gasteiger partial charge on any atom is -0.313 e. The van der Waals surface area contributed by atoms with E-state index in [1.165, 1.54) is 24.8 Å². The van der Waals surface area contributed by atoms with E-state index in [4.69, 9.17) is 11.6 Å². The molecule has 1 N–H and O–H groups in total. The zero-order valence-electron chi connectivity index (χ0n) is 8.46. The Bertz CT molecular complexity index is 307. The first-order valence-corrected chi connectivity index (χ1v) is 5.60. The van der Waals surface area contributed by atoms with Crippen LogP contribution in [-0.4, -0.2) is 7.05 Å². The van der Waals surface area contributed by atoms with Crippen LogP contribution < -0.4 is 5.32 Å². The molecule has 2 rings (SSSR count). The summed E-state index contributed by atoms with van der Waals surface area (Å²) in [5.74, 6) is 0.937. The third-order valence-corrected chi connectivity index (χ3v) is 3.10. The van der Waals surface area contributed by atoms with E-state index >= 15 is 0 Å². The van der Waals surface area contributed by atoms with E-state index in [0.717, 1.165) is 10.9 Å². The molecule has 2 heteroatoms. The molecule has 1 nitrogen and oxygen atoms in total. The predicted octanol–water partition coefficient (Wildman–Crippen LogP) is 3.40. The van der Waals surface area contributed by atoms with Gasteiger partial charge in [-0.05, 0) is 37.1 Å². The van der Waals surface area contributed by atoms with Gasteiger partial charge in [-0.15, -0.1) is 0 Å². The molecule has 1 aliphatic carbocycles. The van der Waals surface area contributed by atoms with E-state index in [2.05, 4.69) is 17.4 Å². The van der Waals surface area contributed by atoms with Gasteiger partial charge in [0, 0.05) is 11.1 Å². The zero-order valence-corrected chi connectivity index (χ0v) is 9.22. The van der Waals surface area contributed by atoms with Crippen LogP contribution in [0.3, 0.4) is 0 Å². The Morgan fingerprint density at radius 3 is 2.86 bits per heavy atom. The highest BCUT2D eigenvalue weighted by Gasteiger charge is 2.25. The summed E-state index contributed by atoms with van der Waals surface area (Å²) in [7, 11) is 2.02. The quantitative estimate of drug-likeness (QED) is 0.802. The fourth-order valence-corrected chi connectivity index (χ4v) is 2.03. The van der Waals surface area contributed by atoms with Gasteiger partial charge in [0.05, 0.1) is 0 Å². The second-order valence-corrected chi connectivity index (χ2v) is 4.51. The minimum absolute atomic E-state index is 0.473. The average Bonchev–Trinajstić information content (AvgIpc) is 2.98. The number of benzene rings is 1. The van der Waals surface area contributed by atoms with Crippen molar-refractivity contribution < 1.29 is 0 Å². The van der Waals surface area contributed by atoms with Crippen molar-refractivity contribution in [2.45, 2.75) is 25.3 Å². The van der Waals surface area contributed by atoms with Crippen LogP contribution in [0.5, 0.6) is 0 Å². The van der Waals surface area contributed by atoms with E-state index in [1.54, 1.807) is 0 Å². The predicted molar refractivity (Wildman–Crippen MR) is 60.6 cm³/mol. The summed E-state index contributed by atoms with van der Waals surface area (Å²) >= 11 is 5.97. The summed E-state index contributed by atoms with van der Waals surface area (Å²) < 4.78 is 0. The molecular weight excluding hydrogens is 194 g/mol. The van der Waals surface area contributed by atoms with Crippen LogP contribution in [0.1, 0.15) is 30.9 Å². The third kappa shape index (κ3) is 2.49. The largest absolute Gasteiger partial charge is 0.313 e. The highest BCUT2D eigenvalue weighted by Crippen LogP contribution is 2.37. The molecule has 0 radical (unpaired) electrons. The van der Waals surface area contributed by atoms with E-state index in [0.29, 0.717) is 6.04 Å². The second kappa shape index (κ2) is 4.33. The minimum atomic E-state index is 0.473. The number of hydrogen-bond donors (Lipinski definition) is 1. The van der Waals surface area contributed by atoms with Crippen molar-refractivity contribution in [1.29, 1.82) is 0 Å². The lowest BCUT2D eigenvalue weighted by Crippen LogP contribution is -2.16. The molecule has 0 spiro atoms. The second-order valence-electron chi connectivity index (χ2n) is 4.08. The van der Waals surface area contributed by atoms with Crippen molar-refractivity contribution in [3.8, 4) is 0 Å². The molecule has 1 aliphatic rings. The van der Waals surface area contributed by atoms with Crippen molar-refractivity contribution in [2.75, 3.05) is 7.05 Å². The maximum absolute atomic E-state index is 5.97. The number of halogens is 1. The molecule has 1 fully saturated rings. The van der Waals surface area contributed by atoms with Gasteiger partial charge in [-0.1, -0.05) is 36.6 Å². The Hall–Kier alpha value is -0.530. The monoisotopic (exact) mass is 209 g/mol. The van der Waals surface area contributed by atoms with E-state index in [9.17, 15) is 0 Å². The Labute approximate surface area is 90.5 Å². The smallest absolute Gasteiger partial charge is 0.0409 e. The van der Waals surface area contributed by atoms with Gasteiger partial charge >= 0.3 is 0 Å². The van der Waals surface area contributed by atoms with Gasteiger partial charge in [0.15, 0.2) is 0 Å². The fraction of sp³-hybridized carbons (Fsp3) is 0.500. The molecule has 0 aliphatic heterocycles. The summed E-state index contributed by atoms with van der Waals surface area (Å²) in [4.78, 5) is 0. The first kappa shape index (κ1) is 10.0. The molecular formula is C12H16ClN. The van der Waals surface area contributed by atoms with Crippen molar-refractivity contribution in [3.63, 3.8) is 0 Å². The Kier molecular flexibility index (Phi) is 3.09. The topological polar surface area (TPSA) is 12.0 Å². The number of nitrogens with one attached hydrogen (secondary N) is 1. The Balaban J connectivity index is 2.08. The lowest BCUT2D eigenvalue weighted by atomic mass is 10.0. The van der Waals surface area contributed by atoms with Crippen molar-refractivity contribution in [2.24, 2.45) is 5.92 Å². The molecule has 0 aromatic heterocycles. The molecule has 0 amide bonds. The normalized spacial score (nSPS) is 18.1. The van der Waals surface area contributed by atoms with Crippen LogP contribution in [0.15, 0.2) is 24.3 Å².